The largest absolute Gasteiger partial charge is 0.444 e. The molecule has 44 heavy (non-hydrogen) atoms. The molecule has 1 aliphatic carbocycles. The van der Waals surface area contributed by atoms with Crippen LogP contribution in [0.2, 0.25) is 5.02 Å². The number of aromatic nitrogens is 3. The normalized spacial score (nSPS) is 22.6. The van der Waals surface area contributed by atoms with Crippen molar-refractivity contribution >= 4 is 51.3 Å². The molecule has 3 aliphatic rings. The summed E-state index contributed by atoms with van der Waals surface area (Å²) in [5.41, 5.74) is 3.82. The van der Waals surface area contributed by atoms with E-state index in [1.165, 1.54) is 11.1 Å². The van der Waals surface area contributed by atoms with Gasteiger partial charge in [-0.15, -0.1) is 0 Å². The summed E-state index contributed by atoms with van der Waals surface area (Å²) in [7, 11) is 0. The van der Waals surface area contributed by atoms with E-state index in [0.29, 0.717) is 37.7 Å². The molecule has 3 atom stereocenters. The Kier molecular flexibility index (Phi) is 9.29. The lowest BCUT2D eigenvalue weighted by Crippen LogP contribution is -2.63. The molecule has 234 valence electrons. The van der Waals surface area contributed by atoms with Crippen LogP contribution in [0, 0.1) is 0 Å². The highest BCUT2D eigenvalue weighted by molar-refractivity contribution is 9.10. The van der Waals surface area contributed by atoms with Gasteiger partial charge in [0.15, 0.2) is 0 Å². The van der Waals surface area contributed by atoms with Crippen LogP contribution < -0.4 is 0 Å². The number of hydrogen-bond donors (Lipinski definition) is 0. The quantitative estimate of drug-likeness (QED) is 0.358. The van der Waals surface area contributed by atoms with Crippen LogP contribution in [0.3, 0.4) is 0 Å². The minimum Gasteiger partial charge on any atom is -0.444 e. The Morgan fingerprint density at radius 1 is 1.11 bits per heavy atom. The molecule has 0 radical (unpaired) electrons. The predicted octanol–water partition coefficient (Wildman–Crippen LogP) is 5.45. The van der Waals surface area contributed by atoms with E-state index >= 15 is 0 Å². The predicted molar refractivity (Wildman–Crippen MR) is 176 cm³/mol. The first-order valence-corrected chi connectivity index (χ1v) is 17.3. The third-order valence-electron chi connectivity index (χ3n) is 8.40. The second-order valence-corrected chi connectivity index (χ2v) is 15.4. The Balaban J connectivity index is 1.32. The molecule has 0 spiro atoms. The first-order valence-electron chi connectivity index (χ1n) is 15.1. The van der Waals surface area contributed by atoms with E-state index in [2.05, 4.69) is 48.6 Å². The van der Waals surface area contributed by atoms with Crippen molar-refractivity contribution < 1.29 is 14.3 Å². The maximum absolute atomic E-state index is 14.4. The SMILES string of the molecule is CC(C)(C)OC(=O)N1CCN(C2c3ccc(Cl)cc3CCc3cc(Br)cnc32)C[C@@H]1C(=O)N1CCSC(Cn2ccnc2)C1. The third kappa shape index (κ3) is 6.95. The van der Waals surface area contributed by atoms with Gasteiger partial charge in [-0.25, -0.2) is 9.78 Å². The summed E-state index contributed by atoms with van der Waals surface area (Å²) in [6.07, 6.45) is 8.62. The number of rotatable bonds is 4. The topological polar surface area (TPSA) is 83.8 Å². The molecular weight excluding hydrogens is 664 g/mol. The van der Waals surface area contributed by atoms with Gasteiger partial charge in [-0.05, 0) is 84.4 Å². The van der Waals surface area contributed by atoms with Gasteiger partial charge in [0.25, 0.3) is 0 Å². The van der Waals surface area contributed by atoms with Gasteiger partial charge >= 0.3 is 6.09 Å². The zero-order valence-electron chi connectivity index (χ0n) is 25.3. The number of halogens is 2. The fourth-order valence-corrected chi connectivity index (χ4v) is 8.24. The second-order valence-electron chi connectivity index (χ2n) is 12.7. The highest BCUT2D eigenvalue weighted by atomic mass is 79.9. The van der Waals surface area contributed by atoms with Crippen molar-refractivity contribution in [1.82, 2.24) is 29.2 Å². The first-order chi connectivity index (χ1) is 21.1. The maximum Gasteiger partial charge on any atom is 0.411 e. The monoisotopic (exact) mass is 700 g/mol. The van der Waals surface area contributed by atoms with Crippen LogP contribution in [-0.4, -0.2) is 96.6 Å². The molecule has 2 fully saturated rings. The fourth-order valence-electron chi connectivity index (χ4n) is 6.44. The van der Waals surface area contributed by atoms with Crippen LogP contribution >= 0.6 is 39.3 Å². The summed E-state index contributed by atoms with van der Waals surface area (Å²) in [6.45, 7) is 8.93. The summed E-state index contributed by atoms with van der Waals surface area (Å²) < 4.78 is 8.82. The number of ether oxygens (including phenoxy) is 1. The average molecular weight is 702 g/mol. The summed E-state index contributed by atoms with van der Waals surface area (Å²) in [4.78, 5) is 43.0. The number of thioether (sulfide) groups is 1. The van der Waals surface area contributed by atoms with Crippen molar-refractivity contribution in [3.63, 3.8) is 0 Å². The van der Waals surface area contributed by atoms with Gasteiger partial charge < -0.3 is 14.2 Å². The number of pyridine rings is 1. The smallest absolute Gasteiger partial charge is 0.411 e. The van der Waals surface area contributed by atoms with Crippen molar-refractivity contribution in [2.75, 3.05) is 38.5 Å². The molecule has 4 heterocycles. The van der Waals surface area contributed by atoms with Crippen molar-refractivity contribution in [2.24, 2.45) is 0 Å². The van der Waals surface area contributed by atoms with Crippen molar-refractivity contribution in [2.45, 2.75) is 63.1 Å². The first kappa shape index (κ1) is 31.4. The van der Waals surface area contributed by atoms with E-state index in [4.69, 9.17) is 21.3 Å². The molecule has 12 heteroatoms. The van der Waals surface area contributed by atoms with Crippen LogP contribution in [0.4, 0.5) is 4.79 Å². The number of benzene rings is 1. The molecule has 0 bridgehead atoms. The molecule has 9 nitrogen and oxygen atoms in total. The summed E-state index contributed by atoms with van der Waals surface area (Å²) in [6, 6.07) is 7.37. The molecule has 3 aromatic rings. The minimum absolute atomic E-state index is 0.0366. The van der Waals surface area contributed by atoms with Crippen LogP contribution in [-0.2, 0) is 28.9 Å². The molecule has 0 saturated carbocycles. The second kappa shape index (κ2) is 13.0. The van der Waals surface area contributed by atoms with E-state index in [0.717, 1.165) is 40.9 Å². The molecule has 2 aromatic heterocycles. The van der Waals surface area contributed by atoms with Gasteiger partial charge in [0.2, 0.25) is 5.91 Å². The zero-order chi connectivity index (χ0) is 31.0. The minimum atomic E-state index is -0.687. The van der Waals surface area contributed by atoms with Crippen LogP contribution in [0.15, 0.2) is 53.7 Å². The molecular formula is C32H38BrClN6O3S. The number of hydrogen-bond acceptors (Lipinski definition) is 7. The zero-order valence-corrected chi connectivity index (χ0v) is 28.4. The van der Waals surface area contributed by atoms with E-state index in [-0.39, 0.29) is 17.2 Å². The Morgan fingerprint density at radius 2 is 1.93 bits per heavy atom. The van der Waals surface area contributed by atoms with Gasteiger partial charge in [-0.3, -0.25) is 19.6 Å². The van der Waals surface area contributed by atoms with Crippen LogP contribution in [0.1, 0.15) is 49.2 Å². The number of carbonyl (C=O) groups excluding carboxylic acids is 2. The lowest BCUT2D eigenvalue weighted by atomic mass is 9.95. The molecule has 6 rings (SSSR count). The number of nitrogens with zero attached hydrogens (tertiary/aromatic N) is 6. The van der Waals surface area contributed by atoms with Crippen molar-refractivity contribution in [3.05, 3.63) is 81.1 Å². The average Bonchev–Trinajstić information content (AvgIpc) is 3.44. The van der Waals surface area contributed by atoms with Gasteiger partial charge in [0, 0.05) is 78.4 Å². The summed E-state index contributed by atoms with van der Waals surface area (Å²) in [5.74, 6) is 0.808. The van der Waals surface area contributed by atoms with Gasteiger partial charge in [-0.2, -0.15) is 11.8 Å². The van der Waals surface area contributed by atoms with E-state index in [1.54, 1.807) is 11.1 Å². The fraction of sp³-hybridized carbons (Fsp3) is 0.500. The number of aryl methyl sites for hydroxylation is 2. The number of piperazine rings is 1. The van der Waals surface area contributed by atoms with Crippen LogP contribution in [0.5, 0.6) is 0 Å². The lowest BCUT2D eigenvalue weighted by Gasteiger charge is -2.46. The number of carbonyl (C=O) groups is 2. The van der Waals surface area contributed by atoms with Gasteiger partial charge in [0.1, 0.15) is 11.6 Å². The molecule has 1 aromatic carbocycles. The number of imidazole rings is 1. The number of fused-ring (bicyclic) bond motifs is 2. The van der Waals surface area contributed by atoms with Crippen molar-refractivity contribution in [1.29, 1.82) is 0 Å². The molecule has 2 saturated heterocycles. The van der Waals surface area contributed by atoms with E-state index in [9.17, 15) is 9.59 Å². The Hall–Kier alpha value is -2.60. The number of amides is 2. The lowest BCUT2D eigenvalue weighted by molar-refractivity contribution is -0.139. The standard InChI is InChI=1S/C32H38BrClN6O3S/c1-32(2,3)43-31(42)40-11-10-38(19-27(40)30(41)39-12-13-44-25(18-39)17-37-9-8-35-20-37)29-26-7-6-24(34)15-21(26)4-5-22-14-23(33)16-36-28(22)29/h6-9,14-16,20,25,27,29H,4-5,10-13,17-19H2,1-3H3/t25?,27-,29?/m1/s1. The Labute approximate surface area is 276 Å². The molecule has 2 unspecified atom stereocenters. The molecule has 2 amide bonds. The third-order valence-corrected chi connectivity index (χ3v) is 10.3. The Morgan fingerprint density at radius 3 is 2.70 bits per heavy atom. The van der Waals surface area contributed by atoms with E-state index < -0.39 is 17.7 Å². The van der Waals surface area contributed by atoms with Crippen LogP contribution in [0.25, 0.3) is 0 Å². The van der Waals surface area contributed by atoms with Crippen molar-refractivity contribution in [3.8, 4) is 0 Å². The van der Waals surface area contributed by atoms with Gasteiger partial charge in [0.05, 0.1) is 18.1 Å². The highest BCUT2D eigenvalue weighted by Crippen LogP contribution is 2.39. The van der Waals surface area contributed by atoms with Gasteiger partial charge in [-0.1, -0.05) is 17.7 Å². The molecule has 0 N–H and O–H groups in total. The Bertz CT molecular complexity index is 1460. The molecule has 2 aliphatic heterocycles. The summed E-state index contributed by atoms with van der Waals surface area (Å²) >= 11 is 11.9. The van der Waals surface area contributed by atoms with E-state index in [1.807, 2.05) is 62.2 Å². The maximum atomic E-state index is 14.4. The highest BCUT2D eigenvalue weighted by Gasteiger charge is 2.43. The summed E-state index contributed by atoms with van der Waals surface area (Å²) in [5, 5.41) is 0.947.